The maximum atomic E-state index is 12.6. The molecule has 0 radical (unpaired) electrons. The van der Waals surface area contributed by atoms with Crippen LogP contribution in [0.4, 0.5) is 0 Å². The Kier molecular flexibility index (Phi) is 5.68. The zero-order valence-electron chi connectivity index (χ0n) is 12.4. The van der Waals surface area contributed by atoms with Crippen molar-refractivity contribution in [3.05, 3.63) is 22.7 Å². The van der Waals surface area contributed by atoms with Crippen molar-refractivity contribution < 1.29 is 13.2 Å². The summed E-state index contributed by atoms with van der Waals surface area (Å²) in [5, 5.41) is 0. The van der Waals surface area contributed by atoms with E-state index in [9.17, 15) is 8.42 Å². The highest BCUT2D eigenvalue weighted by Gasteiger charge is 2.27. The van der Waals surface area contributed by atoms with Crippen LogP contribution in [0.2, 0.25) is 0 Å². The van der Waals surface area contributed by atoms with Crippen molar-refractivity contribution in [1.29, 1.82) is 0 Å². The van der Waals surface area contributed by atoms with Crippen LogP contribution in [0.3, 0.4) is 0 Å². The van der Waals surface area contributed by atoms with Crippen LogP contribution in [0.15, 0.2) is 27.6 Å². The lowest BCUT2D eigenvalue weighted by Gasteiger charge is -2.28. The Bertz CT molecular complexity index is 583. The molecule has 0 amide bonds. The fourth-order valence-electron chi connectivity index (χ4n) is 2.90. The van der Waals surface area contributed by atoms with Crippen molar-refractivity contribution in [2.24, 2.45) is 5.92 Å². The van der Waals surface area contributed by atoms with E-state index in [2.05, 4.69) is 20.7 Å². The molecule has 1 N–H and O–H groups in total. The van der Waals surface area contributed by atoms with E-state index in [0.717, 1.165) is 12.8 Å². The molecule has 6 heteroatoms. The average Bonchev–Trinajstić information content (AvgIpc) is 2.47. The third kappa shape index (κ3) is 4.20. The summed E-state index contributed by atoms with van der Waals surface area (Å²) in [7, 11) is -2.10. The van der Waals surface area contributed by atoms with Crippen molar-refractivity contribution in [3.8, 4) is 5.75 Å². The van der Waals surface area contributed by atoms with Crippen LogP contribution >= 0.6 is 15.9 Å². The second kappa shape index (κ2) is 7.11. The average molecular weight is 376 g/mol. The second-order valence-corrected chi connectivity index (χ2v) is 8.20. The topological polar surface area (TPSA) is 55.4 Å². The summed E-state index contributed by atoms with van der Waals surface area (Å²) in [5.41, 5.74) is 0. The van der Waals surface area contributed by atoms with Gasteiger partial charge in [-0.2, -0.15) is 0 Å². The number of sulfonamides is 1. The molecule has 1 unspecified atom stereocenters. The first kappa shape index (κ1) is 16.8. The molecule has 0 aliphatic heterocycles. The molecule has 0 bridgehead atoms. The van der Waals surface area contributed by atoms with Gasteiger partial charge in [-0.25, -0.2) is 13.1 Å². The van der Waals surface area contributed by atoms with E-state index in [1.807, 2.05) is 6.92 Å². The van der Waals surface area contributed by atoms with Crippen molar-refractivity contribution >= 4 is 26.0 Å². The number of methoxy groups -OCH3 is 1. The third-order valence-electron chi connectivity index (χ3n) is 4.11. The predicted molar refractivity (Wildman–Crippen MR) is 87.1 cm³/mol. The summed E-state index contributed by atoms with van der Waals surface area (Å²) < 4.78 is 33.9. The highest BCUT2D eigenvalue weighted by molar-refractivity contribution is 9.10. The minimum atomic E-state index is -3.58. The molecule has 0 heterocycles. The van der Waals surface area contributed by atoms with Crippen LogP contribution in [0, 0.1) is 5.92 Å². The molecule has 4 nitrogen and oxygen atoms in total. The van der Waals surface area contributed by atoms with Crippen LogP contribution < -0.4 is 9.46 Å². The molecule has 2 rings (SSSR count). The Labute approximate surface area is 135 Å². The largest absolute Gasteiger partial charge is 0.495 e. The maximum Gasteiger partial charge on any atom is 0.244 e. The molecule has 1 saturated carbocycles. The van der Waals surface area contributed by atoms with Gasteiger partial charge < -0.3 is 4.74 Å². The summed E-state index contributed by atoms with van der Waals surface area (Å²) in [6, 6.07) is 4.94. The molecule has 1 aliphatic rings. The van der Waals surface area contributed by atoms with Crippen LogP contribution in [-0.4, -0.2) is 21.6 Å². The van der Waals surface area contributed by atoms with Gasteiger partial charge in [-0.1, -0.05) is 35.2 Å². The normalized spacial score (nSPS) is 18.4. The number of hydrogen-bond acceptors (Lipinski definition) is 3. The Hall–Kier alpha value is -0.590. The van der Waals surface area contributed by atoms with E-state index in [1.54, 1.807) is 18.2 Å². The van der Waals surface area contributed by atoms with Crippen molar-refractivity contribution in [1.82, 2.24) is 4.72 Å². The molecule has 0 aromatic heterocycles. The lowest BCUT2D eigenvalue weighted by molar-refractivity contribution is 0.302. The number of benzene rings is 1. The molecule has 1 aromatic carbocycles. The van der Waals surface area contributed by atoms with Gasteiger partial charge in [0.15, 0.2) is 0 Å². The highest BCUT2D eigenvalue weighted by Crippen LogP contribution is 2.30. The zero-order valence-corrected chi connectivity index (χ0v) is 14.8. The van der Waals surface area contributed by atoms with Crippen LogP contribution in [0.5, 0.6) is 5.75 Å². The second-order valence-electron chi connectivity index (χ2n) is 5.60. The predicted octanol–water partition coefficient (Wildman–Crippen LogP) is 3.70. The summed E-state index contributed by atoms with van der Waals surface area (Å²) >= 11 is 3.31. The Morgan fingerprint density at radius 1 is 1.29 bits per heavy atom. The molecule has 1 aromatic rings. The first-order valence-electron chi connectivity index (χ1n) is 7.30. The molecule has 1 aliphatic carbocycles. The molecule has 0 spiro atoms. The van der Waals surface area contributed by atoms with E-state index in [1.165, 1.54) is 26.4 Å². The SMILES string of the molecule is COc1ccc(Br)cc1S(=O)(=O)NC(C)C1CCCCC1. The number of hydrogen-bond donors (Lipinski definition) is 1. The maximum absolute atomic E-state index is 12.6. The standard InChI is InChI=1S/C15H22BrNO3S/c1-11(12-6-4-3-5-7-12)17-21(18,19)15-10-13(16)8-9-14(15)20-2/h8-12,17H,3-7H2,1-2H3. The number of rotatable bonds is 5. The summed E-state index contributed by atoms with van der Waals surface area (Å²) in [5.74, 6) is 0.785. The fourth-order valence-corrected chi connectivity index (χ4v) is 4.92. The molecular weight excluding hydrogens is 354 g/mol. The fraction of sp³-hybridized carbons (Fsp3) is 0.600. The third-order valence-corrected chi connectivity index (χ3v) is 6.19. The minimum Gasteiger partial charge on any atom is -0.495 e. The van der Waals surface area contributed by atoms with Gasteiger partial charge in [0.2, 0.25) is 10.0 Å². The van der Waals surface area contributed by atoms with Gasteiger partial charge in [-0.3, -0.25) is 0 Å². The minimum absolute atomic E-state index is 0.0565. The Morgan fingerprint density at radius 2 is 1.95 bits per heavy atom. The summed E-state index contributed by atoms with van der Waals surface area (Å²) in [4.78, 5) is 0.182. The van der Waals surface area contributed by atoms with Crippen molar-refractivity contribution in [2.75, 3.05) is 7.11 Å². The van der Waals surface area contributed by atoms with Gasteiger partial charge in [-0.05, 0) is 43.9 Å². The Morgan fingerprint density at radius 3 is 2.57 bits per heavy atom. The highest BCUT2D eigenvalue weighted by atomic mass is 79.9. The van der Waals surface area contributed by atoms with E-state index in [4.69, 9.17) is 4.74 Å². The van der Waals surface area contributed by atoms with E-state index in [-0.39, 0.29) is 10.9 Å². The zero-order chi connectivity index (χ0) is 15.5. The van der Waals surface area contributed by atoms with Gasteiger partial charge in [0.25, 0.3) is 0 Å². The lowest BCUT2D eigenvalue weighted by atomic mass is 9.85. The Balaban J connectivity index is 2.19. The van der Waals surface area contributed by atoms with Crippen LogP contribution in [-0.2, 0) is 10.0 Å². The molecule has 21 heavy (non-hydrogen) atoms. The molecule has 0 saturated heterocycles. The van der Waals surface area contributed by atoms with Crippen molar-refractivity contribution in [3.63, 3.8) is 0 Å². The first-order valence-corrected chi connectivity index (χ1v) is 9.57. The number of nitrogens with one attached hydrogen (secondary N) is 1. The van der Waals surface area contributed by atoms with Gasteiger partial charge in [0, 0.05) is 10.5 Å². The van der Waals surface area contributed by atoms with Gasteiger partial charge in [0.1, 0.15) is 10.6 Å². The number of ether oxygens (including phenoxy) is 1. The quantitative estimate of drug-likeness (QED) is 0.853. The smallest absolute Gasteiger partial charge is 0.244 e. The lowest BCUT2D eigenvalue weighted by Crippen LogP contribution is -2.38. The van der Waals surface area contributed by atoms with E-state index >= 15 is 0 Å². The van der Waals surface area contributed by atoms with Gasteiger partial charge >= 0.3 is 0 Å². The van der Waals surface area contributed by atoms with Gasteiger partial charge in [0.05, 0.1) is 7.11 Å². The monoisotopic (exact) mass is 375 g/mol. The van der Waals surface area contributed by atoms with Crippen LogP contribution in [0.25, 0.3) is 0 Å². The summed E-state index contributed by atoms with van der Waals surface area (Å²) in [6.07, 6.45) is 5.84. The molecule has 1 atom stereocenters. The number of halogens is 1. The van der Waals surface area contributed by atoms with Gasteiger partial charge in [-0.15, -0.1) is 0 Å². The summed E-state index contributed by atoms with van der Waals surface area (Å²) in [6.45, 7) is 1.96. The van der Waals surface area contributed by atoms with Crippen molar-refractivity contribution in [2.45, 2.75) is 50.0 Å². The van der Waals surface area contributed by atoms with Crippen LogP contribution in [0.1, 0.15) is 39.0 Å². The molecule has 1 fully saturated rings. The molecular formula is C15H22BrNO3S. The van der Waals surface area contributed by atoms with E-state index < -0.39 is 10.0 Å². The molecule has 118 valence electrons. The first-order chi connectivity index (χ1) is 9.94. The van der Waals surface area contributed by atoms with E-state index in [0.29, 0.717) is 16.1 Å².